The highest BCUT2D eigenvalue weighted by atomic mass is 16.2. The third-order valence-corrected chi connectivity index (χ3v) is 4.61. The van der Waals surface area contributed by atoms with Crippen LogP contribution in [0.5, 0.6) is 0 Å². The van der Waals surface area contributed by atoms with Crippen LogP contribution in [0.4, 0.5) is 11.6 Å². The molecule has 130 valence electrons. The molecule has 0 aliphatic heterocycles. The van der Waals surface area contributed by atoms with Crippen molar-refractivity contribution < 1.29 is 4.79 Å². The molecule has 7 nitrogen and oxygen atoms in total. The van der Waals surface area contributed by atoms with Crippen LogP contribution < -0.4 is 11.1 Å². The summed E-state index contributed by atoms with van der Waals surface area (Å²) in [6.07, 6.45) is 2.14. The van der Waals surface area contributed by atoms with Gasteiger partial charge in [0.05, 0.1) is 35.2 Å². The zero-order chi connectivity index (χ0) is 19.0. The number of carbonyl (C=O) groups is 1. The summed E-state index contributed by atoms with van der Waals surface area (Å²) in [4.78, 5) is 20.8. The van der Waals surface area contributed by atoms with E-state index in [9.17, 15) is 10.1 Å². The van der Waals surface area contributed by atoms with Crippen molar-refractivity contribution in [1.29, 1.82) is 10.5 Å². The molecule has 0 radical (unpaired) electrons. The Balaban J connectivity index is 1.72. The van der Waals surface area contributed by atoms with Crippen molar-refractivity contribution in [3.63, 3.8) is 0 Å². The second-order valence-corrected chi connectivity index (χ2v) is 6.41. The molecule has 2 heterocycles. The Morgan fingerprint density at radius 3 is 2.81 bits per heavy atom. The van der Waals surface area contributed by atoms with Gasteiger partial charge in [0.25, 0.3) is 0 Å². The molecule has 1 saturated carbocycles. The number of amides is 1. The molecule has 0 saturated heterocycles. The van der Waals surface area contributed by atoms with Crippen LogP contribution in [-0.2, 0) is 4.79 Å². The number of hydrogen-bond acceptors (Lipinski definition) is 6. The predicted molar refractivity (Wildman–Crippen MR) is 99.9 cm³/mol. The first-order valence-electron chi connectivity index (χ1n) is 8.37. The Bertz CT molecular complexity index is 1160. The fourth-order valence-electron chi connectivity index (χ4n) is 3.03. The fourth-order valence-corrected chi connectivity index (χ4v) is 3.03. The van der Waals surface area contributed by atoms with E-state index in [1.165, 1.54) is 0 Å². The van der Waals surface area contributed by atoms with Gasteiger partial charge in [-0.15, -0.1) is 0 Å². The van der Waals surface area contributed by atoms with E-state index in [1.807, 2.05) is 18.2 Å². The molecule has 1 aliphatic carbocycles. The van der Waals surface area contributed by atoms with Crippen molar-refractivity contribution >= 4 is 28.3 Å². The van der Waals surface area contributed by atoms with Gasteiger partial charge in [-0.2, -0.15) is 10.5 Å². The summed E-state index contributed by atoms with van der Waals surface area (Å²) < 4.78 is 0. The summed E-state index contributed by atoms with van der Waals surface area (Å²) in [6, 6.07) is 14.9. The van der Waals surface area contributed by atoms with E-state index < -0.39 is 0 Å². The van der Waals surface area contributed by atoms with Gasteiger partial charge >= 0.3 is 0 Å². The number of aromatic nitrogens is 2. The Kier molecular flexibility index (Phi) is 3.91. The summed E-state index contributed by atoms with van der Waals surface area (Å²) >= 11 is 0. The van der Waals surface area contributed by atoms with Gasteiger partial charge in [-0.3, -0.25) is 4.79 Å². The third kappa shape index (κ3) is 3.03. The van der Waals surface area contributed by atoms with E-state index in [0.29, 0.717) is 40.3 Å². The molecule has 0 spiro atoms. The van der Waals surface area contributed by atoms with Gasteiger partial charge in [0, 0.05) is 17.1 Å². The average Bonchev–Trinajstić information content (AvgIpc) is 3.47. The molecule has 0 unspecified atom stereocenters. The summed E-state index contributed by atoms with van der Waals surface area (Å²) in [6.45, 7) is 0. The van der Waals surface area contributed by atoms with Gasteiger partial charge in [-0.05, 0) is 30.0 Å². The Morgan fingerprint density at radius 1 is 1.26 bits per heavy atom. The van der Waals surface area contributed by atoms with Gasteiger partial charge in [0.1, 0.15) is 11.6 Å². The van der Waals surface area contributed by atoms with E-state index in [1.54, 1.807) is 24.4 Å². The summed E-state index contributed by atoms with van der Waals surface area (Å²) in [5.41, 5.74) is 7.84. The lowest BCUT2D eigenvalue weighted by Crippen LogP contribution is -2.15. The van der Waals surface area contributed by atoms with Gasteiger partial charge in [0.15, 0.2) is 0 Å². The lowest BCUT2D eigenvalue weighted by molar-refractivity contribution is -0.117. The van der Waals surface area contributed by atoms with Crippen LogP contribution >= 0.6 is 0 Å². The molecule has 4 rings (SSSR count). The largest absolute Gasteiger partial charge is 0.383 e. The molecule has 1 amide bonds. The van der Waals surface area contributed by atoms with E-state index in [4.69, 9.17) is 11.0 Å². The smallest absolute Gasteiger partial charge is 0.230 e. The SMILES string of the molecule is N#Cc1ccccc1-c1cc2cc(NC(=O)[C@@H]3C[C@H]3C#N)ncc2c(N)n1. The molecular formula is C20H14N6O. The number of fused-ring (bicyclic) bond motifs is 1. The molecule has 1 aliphatic rings. The highest BCUT2D eigenvalue weighted by molar-refractivity contribution is 5.98. The summed E-state index contributed by atoms with van der Waals surface area (Å²) in [5, 5.41) is 22.3. The molecular weight excluding hydrogens is 340 g/mol. The molecule has 7 heteroatoms. The lowest BCUT2D eigenvalue weighted by Gasteiger charge is -2.09. The maximum atomic E-state index is 12.1. The average molecular weight is 354 g/mol. The maximum absolute atomic E-state index is 12.1. The number of anilines is 2. The van der Waals surface area contributed by atoms with E-state index in [-0.39, 0.29) is 17.7 Å². The van der Waals surface area contributed by atoms with Crippen LogP contribution in [0.3, 0.4) is 0 Å². The van der Waals surface area contributed by atoms with Crippen LogP contribution in [0.2, 0.25) is 0 Å². The minimum Gasteiger partial charge on any atom is -0.383 e. The monoisotopic (exact) mass is 354 g/mol. The number of nitrogen functional groups attached to an aromatic ring is 1. The Morgan fingerprint density at radius 2 is 2.07 bits per heavy atom. The molecule has 3 N–H and O–H groups in total. The number of hydrogen-bond donors (Lipinski definition) is 2. The number of benzene rings is 1. The van der Waals surface area contributed by atoms with Crippen molar-refractivity contribution in [3.05, 3.63) is 48.2 Å². The number of nitriles is 2. The van der Waals surface area contributed by atoms with Crippen molar-refractivity contribution in [2.75, 3.05) is 11.1 Å². The van der Waals surface area contributed by atoms with Crippen LogP contribution in [0, 0.1) is 34.5 Å². The number of nitrogens with zero attached hydrogens (tertiary/aromatic N) is 4. The molecule has 2 atom stereocenters. The zero-order valence-electron chi connectivity index (χ0n) is 14.2. The lowest BCUT2D eigenvalue weighted by atomic mass is 10.0. The molecule has 27 heavy (non-hydrogen) atoms. The first-order chi connectivity index (χ1) is 13.1. The van der Waals surface area contributed by atoms with Crippen LogP contribution in [-0.4, -0.2) is 15.9 Å². The molecule has 3 aromatic rings. The first-order valence-corrected chi connectivity index (χ1v) is 8.37. The molecule has 1 aromatic carbocycles. The van der Waals surface area contributed by atoms with Crippen molar-refractivity contribution in [2.45, 2.75) is 6.42 Å². The fraction of sp³-hybridized carbons (Fsp3) is 0.150. The van der Waals surface area contributed by atoms with Crippen molar-refractivity contribution in [1.82, 2.24) is 9.97 Å². The minimum atomic E-state index is -0.270. The van der Waals surface area contributed by atoms with Gasteiger partial charge in [0.2, 0.25) is 5.91 Å². The standard InChI is InChI=1S/C20H14N6O/c21-8-11-3-1-2-4-14(11)17-6-12-7-18(24-10-16(12)19(23)25-17)26-20(27)15-5-13(15)9-22/h1-4,6-7,10,13,15H,5H2,(H2,23,25)(H,24,26,27)/t13-,15+/m0/s1. The first kappa shape index (κ1) is 16.5. The number of nitrogens with one attached hydrogen (secondary N) is 1. The zero-order valence-corrected chi connectivity index (χ0v) is 14.2. The molecule has 1 fully saturated rings. The van der Waals surface area contributed by atoms with Gasteiger partial charge in [-0.1, -0.05) is 18.2 Å². The highest BCUT2D eigenvalue weighted by Gasteiger charge is 2.43. The predicted octanol–water partition coefficient (Wildman–Crippen LogP) is 2.85. The number of pyridine rings is 2. The van der Waals surface area contributed by atoms with Gasteiger partial charge < -0.3 is 11.1 Å². The van der Waals surface area contributed by atoms with Crippen molar-refractivity contribution in [3.8, 4) is 23.4 Å². The van der Waals surface area contributed by atoms with Gasteiger partial charge in [-0.25, -0.2) is 9.97 Å². The second kappa shape index (κ2) is 6.40. The Hall–Kier alpha value is -3.97. The van der Waals surface area contributed by atoms with E-state index >= 15 is 0 Å². The Labute approximate surface area is 155 Å². The van der Waals surface area contributed by atoms with Crippen molar-refractivity contribution in [2.24, 2.45) is 11.8 Å². The van der Waals surface area contributed by atoms with Crippen LogP contribution in [0.15, 0.2) is 42.6 Å². The van der Waals surface area contributed by atoms with Crippen LogP contribution in [0.1, 0.15) is 12.0 Å². The topological polar surface area (TPSA) is 128 Å². The molecule has 2 aromatic heterocycles. The normalized spacial score (nSPS) is 17.7. The minimum absolute atomic E-state index is 0.203. The maximum Gasteiger partial charge on any atom is 0.230 e. The summed E-state index contributed by atoms with van der Waals surface area (Å²) in [7, 11) is 0. The highest BCUT2D eigenvalue weighted by Crippen LogP contribution is 2.38. The van der Waals surface area contributed by atoms with E-state index in [2.05, 4.69) is 27.4 Å². The van der Waals surface area contributed by atoms with Crippen LogP contribution in [0.25, 0.3) is 22.0 Å². The molecule has 0 bridgehead atoms. The number of nitrogens with two attached hydrogens (primary N) is 1. The third-order valence-electron chi connectivity index (χ3n) is 4.61. The summed E-state index contributed by atoms with van der Waals surface area (Å²) in [5.74, 6) is 0.00602. The quantitative estimate of drug-likeness (QED) is 0.744. The number of carbonyl (C=O) groups excluding carboxylic acids is 1. The number of rotatable bonds is 3. The second-order valence-electron chi connectivity index (χ2n) is 6.41. The van der Waals surface area contributed by atoms with E-state index in [0.717, 1.165) is 5.39 Å².